The van der Waals surface area contributed by atoms with E-state index in [0.717, 1.165) is 5.56 Å². The van der Waals surface area contributed by atoms with E-state index in [1.54, 1.807) is 111 Å². The zero-order valence-electron chi connectivity index (χ0n) is 72.6. The number of aliphatic hydroxyl groups is 3. The number of methoxy groups -OCH3 is 3. The summed E-state index contributed by atoms with van der Waals surface area (Å²) in [6.45, 7) is 2.94. The maximum absolute atomic E-state index is 13.6. The van der Waals surface area contributed by atoms with Crippen LogP contribution in [0.15, 0.2) is 216 Å². The largest absolute Gasteiger partial charge is 0.493 e. The fraction of sp³-hybridized carbons (Fsp3) is 0.259. The highest BCUT2D eigenvalue weighted by atomic mass is 32.2. The number of aromatic nitrogens is 12. The third kappa shape index (κ3) is 22.8. The van der Waals surface area contributed by atoms with Crippen LogP contribution in [0.25, 0.3) is 34.9 Å². The molecule has 0 aliphatic heterocycles. The van der Waals surface area contributed by atoms with E-state index in [9.17, 15) is 40.6 Å². The van der Waals surface area contributed by atoms with Crippen molar-refractivity contribution in [1.29, 1.82) is 0 Å². The summed E-state index contributed by atoms with van der Waals surface area (Å²) in [5, 5.41) is 28.5. The predicted octanol–water partition coefficient (Wildman–Crippen LogP) is 12.6. The summed E-state index contributed by atoms with van der Waals surface area (Å²) >= 11 is 0. The minimum absolute atomic E-state index is 0.0169. The second-order valence-corrected chi connectivity index (χ2v) is 31.6. The Morgan fingerprint density at radius 1 is 0.342 bits per heavy atom. The van der Waals surface area contributed by atoms with Gasteiger partial charge in [0.1, 0.15) is 19.8 Å². The van der Waals surface area contributed by atoms with E-state index in [4.69, 9.17) is 53.6 Å². The van der Waals surface area contributed by atoms with Gasteiger partial charge in [0.2, 0.25) is 34.7 Å². The molecule has 12 rings (SSSR count). The average molecular weight is 1660 g/mol. The highest BCUT2D eigenvalue weighted by Crippen LogP contribution is 2.46. The molecule has 612 valence electrons. The smallest absolute Gasteiger partial charge is 0.263 e. The molecule has 36 heteroatoms. The summed E-state index contributed by atoms with van der Waals surface area (Å²) in [4.78, 5) is 50.4. The number of ether oxygens (including phenoxy) is 9. The Kier molecular flexibility index (Phi) is 24.8. The molecular weight excluding hydrogens is 1570 g/mol. The fourth-order valence-electron chi connectivity index (χ4n) is 10.2. The molecule has 6 N–H and O–H groups in total. The number of hydrogen-bond donors (Lipinski definition) is 6. The highest BCUT2D eigenvalue weighted by Gasteiger charge is 2.31. The first-order valence-electron chi connectivity index (χ1n) is 39.2. The van der Waals surface area contributed by atoms with Crippen molar-refractivity contribution < 1.29 is 94.2 Å². The molecule has 6 heterocycles. The van der Waals surface area contributed by atoms with E-state index in [1.165, 1.54) is 139 Å². The van der Waals surface area contributed by atoms with Crippen LogP contribution in [-0.2, 0) is 46.3 Å². The number of anilines is 3. The first kappa shape index (κ1) is 75.5. The molecule has 6 aromatic carbocycles. The summed E-state index contributed by atoms with van der Waals surface area (Å²) in [5.74, 6) is -1.04. The van der Waals surface area contributed by atoms with Crippen LogP contribution in [0.2, 0.25) is 0 Å². The number of nitrogens with zero attached hydrogens (tertiary/aromatic N) is 12. The normalized spacial score (nSPS) is 13.0. The lowest BCUT2D eigenvalue weighted by molar-refractivity contribution is 0.192. The van der Waals surface area contributed by atoms with Gasteiger partial charge >= 0.3 is 0 Å². The third-order valence-electron chi connectivity index (χ3n) is 16.1. The van der Waals surface area contributed by atoms with Crippen LogP contribution in [0.3, 0.4) is 0 Å². The first-order chi connectivity index (χ1) is 59.0. The van der Waals surface area contributed by atoms with Gasteiger partial charge < -0.3 is 58.0 Å². The van der Waals surface area contributed by atoms with Gasteiger partial charge in [-0.3, -0.25) is 14.2 Å². The fourth-order valence-corrected chi connectivity index (χ4v) is 13.2. The van der Waals surface area contributed by atoms with E-state index in [0.29, 0.717) is 22.6 Å². The van der Waals surface area contributed by atoms with Crippen LogP contribution in [0.4, 0.5) is 17.5 Å². The van der Waals surface area contributed by atoms with Crippen molar-refractivity contribution in [1.82, 2.24) is 59.8 Å². The molecule has 0 atom stereocenters. The second kappa shape index (κ2) is 38.5. The average Bonchev–Trinajstić information content (AvgIpc) is 0.783. The number of rotatable bonds is 30. The molecule has 12 aromatic rings. The van der Waals surface area contributed by atoms with Crippen molar-refractivity contribution in [2.75, 3.05) is 75.1 Å². The van der Waals surface area contributed by atoms with Crippen LogP contribution in [-0.4, -0.2) is 161 Å². The van der Waals surface area contributed by atoms with Crippen LogP contribution >= 0.6 is 0 Å². The zero-order chi connectivity index (χ0) is 90.9. The van der Waals surface area contributed by atoms with Gasteiger partial charge in [0.15, 0.2) is 69.4 Å². The minimum atomic E-state index is -4.41. The molecule has 0 radical (unpaired) electrons. The molecule has 0 fully saturated rings. The predicted molar refractivity (Wildman–Crippen MR) is 434 cm³/mol. The summed E-state index contributed by atoms with van der Waals surface area (Å²) in [6, 6.07) is 42.0. The monoisotopic (exact) mass is 1660 g/mol. The van der Waals surface area contributed by atoms with Crippen LogP contribution in [0, 0.1) is 0 Å². The van der Waals surface area contributed by atoms with E-state index >= 15 is 0 Å². The zero-order valence-corrected chi connectivity index (χ0v) is 67.1. The Morgan fingerprint density at radius 3 is 0.838 bits per heavy atom. The number of aliphatic hydroxyl groups excluding tert-OH is 2. The summed E-state index contributed by atoms with van der Waals surface area (Å²) < 4.78 is 202. The quantitative estimate of drug-likeness (QED) is 0.0243. The first-order valence-corrected chi connectivity index (χ1v) is 39.7. The van der Waals surface area contributed by atoms with Gasteiger partial charge in [-0.15, -0.1) is 0 Å². The molecule has 6 aromatic heterocycles. The lowest BCUT2D eigenvalue weighted by Gasteiger charge is -2.20. The number of para-hydroxylation sites is 6. The molecule has 33 nitrogen and oxygen atoms in total. The van der Waals surface area contributed by atoms with Gasteiger partial charge in [-0.25, -0.2) is 70.1 Å². The Balaban J connectivity index is 0.000000196. The molecule has 0 aliphatic rings. The van der Waals surface area contributed by atoms with Crippen molar-refractivity contribution in [3.05, 3.63) is 218 Å². The molecule has 0 bridgehead atoms. The van der Waals surface area contributed by atoms with Gasteiger partial charge in [0.25, 0.3) is 47.7 Å². The van der Waals surface area contributed by atoms with E-state index in [-0.39, 0.29) is 145 Å². The molecular formula is C81H87N15O18S3. The van der Waals surface area contributed by atoms with Crippen molar-refractivity contribution in [2.24, 2.45) is 0 Å². The topological polar surface area (TPSA) is 437 Å². The molecule has 0 amide bonds. The second-order valence-electron chi connectivity index (χ2n) is 26.5. The summed E-state index contributed by atoms with van der Waals surface area (Å²) in [6.07, 6.45) is 8.74. The van der Waals surface area contributed by atoms with Crippen molar-refractivity contribution in [3.8, 4) is 104 Å². The third-order valence-corrected chi connectivity index (χ3v) is 20.1. The minimum Gasteiger partial charge on any atom is -0.493 e. The van der Waals surface area contributed by atoms with E-state index in [2.05, 4.69) is 74.0 Å². The lowest BCUT2D eigenvalue weighted by Crippen LogP contribution is -2.17. The van der Waals surface area contributed by atoms with Crippen molar-refractivity contribution >= 4 is 47.5 Å². The summed E-state index contributed by atoms with van der Waals surface area (Å²) in [7, 11) is -8.55. The Bertz CT molecular complexity index is 6050. The maximum atomic E-state index is 13.6. The highest BCUT2D eigenvalue weighted by molar-refractivity contribution is 7.93. The van der Waals surface area contributed by atoms with Crippen LogP contribution in [0.5, 0.6) is 69.4 Å². The number of benzene rings is 6. The standard InChI is InChI=1S/3C27H29N5O6S/c3*1-27(2,3)18-10-12-19(13-11-18)39(34,35)32-23-22(38-21-9-6-5-8-20(21)36-4)26(37-17-16-33)31-25(30-23)24-28-14-7-15-29-24/h3*5-15,33H,16-17H2,1-4H3,(H,30,31,32)/i1D3,16D2;1D3;. The molecule has 0 spiro atoms. The molecule has 0 aliphatic carbocycles. The maximum Gasteiger partial charge on any atom is 0.263 e. The van der Waals surface area contributed by atoms with Gasteiger partial charge in [-0.2, -0.15) is 15.0 Å². The SMILES string of the molecule is COc1ccccc1Oc1c(NS(=O)(=O)c2ccc(C(C)(C)C)cc2)nc(-c2ncccn2)nc1OCCO.[2H]C([2H])(O)COc1nc(-c2ncccn2)nc(NS(=O)(=O)c2ccc(C(C)(C)C([2H])([2H])[2H])cc2)c1Oc1ccccc1OC.[2H]C([2H])([2H])C(C)(C)c1ccc(S(=O)(=O)Nc2nc(-c3ncccn3)nc(OCCO)c2Oc2ccccc2OC)cc1. The van der Waals surface area contributed by atoms with Gasteiger partial charge in [-0.05, 0) is 124 Å². The van der Waals surface area contributed by atoms with Crippen LogP contribution in [0.1, 0.15) is 89.8 Å². The lowest BCUT2D eigenvalue weighted by atomic mass is 9.87. The Labute approximate surface area is 688 Å². The van der Waals surface area contributed by atoms with E-state index < -0.39 is 79.5 Å². The van der Waals surface area contributed by atoms with Gasteiger partial charge in [0, 0.05) is 45.4 Å². The number of sulfonamides is 3. The summed E-state index contributed by atoms with van der Waals surface area (Å²) in [5.41, 5.74) is -0.800. The molecule has 0 unspecified atom stereocenters. The molecule has 0 saturated heterocycles. The van der Waals surface area contributed by atoms with Gasteiger partial charge in [0.05, 0.1) is 58.5 Å². The van der Waals surface area contributed by atoms with Crippen molar-refractivity contribution in [3.63, 3.8) is 0 Å². The van der Waals surface area contributed by atoms with Crippen molar-refractivity contribution in [2.45, 2.75) is 93.1 Å². The molecule has 0 saturated carbocycles. The number of nitrogens with one attached hydrogen (secondary N) is 3. The Hall–Kier alpha value is -12.9. The Morgan fingerprint density at radius 2 is 0.598 bits per heavy atom. The molecule has 117 heavy (non-hydrogen) atoms. The van der Waals surface area contributed by atoms with E-state index in [1.807, 2.05) is 20.8 Å². The number of hydrogen-bond acceptors (Lipinski definition) is 30. The van der Waals surface area contributed by atoms with Crippen LogP contribution < -0.4 is 56.8 Å². The van der Waals surface area contributed by atoms with Gasteiger partial charge in [-0.1, -0.05) is 135 Å².